The van der Waals surface area contributed by atoms with Crippen molar-refractivity contribution < 1.29 is 13.2 Å². The van der Waals surface area contributed by atoms with Crippen molar-refractivity contribution in [3.05, 3.63) is 28.8 Å². The number of halogens is 1. The third-order valence-electron chi connectivity index (χ3n) is 1.72. The Kier molecular flexibility index (Phi) is 3.71. The molecule has 1 aromatic rings. The van der Waals surface area contributed by atoms with E-state index >= 15 is 0 Å². The number of sulfone groups is 1. The molecule has 0 aliphatic rings. The molecule has 0 radical (unpaired) electrons. The van der Waals surface area contributed by atoms with Crippen molar-refractivity contribution in [1.29, 1.82) is 0 Å². The largest absolute Gasteiger partial charge is 0.327 e. The lowest BCUT2D eigenvalue weighted by molar-refractivity contribution is -0.105. The number of benzene rings is 1. The number of nitrogens with one attached hydrogen (secondary N) is 1. The quantitative estimate of drug-likeness (QED) is 0.820. The fourth-order valence-electron chi connectivity index (χ4n) is 1.19. The zero-order valence-corrected chi connectivity index (χ0v) is 9.60. The van der Waals surface area contributed by atoms with Crippen molar-refractivity contribution >= 4 is 33.5 Å². The van der Waals surface area contributed by atoms with Crippen LogP contribution in [-0.2, 0) is 20.4 Å². The first-order valence-electron chi connectivity index (χ1n) is 4.09. The maximum Gasteiger partial charge on any atom is 0.211 e. The lowest BCUT2D eigenvalue weighted by atomic mass is 10.2. The average Bonchev–Trinajstić information content (AvgIpc) is 2.08. The van der Waals surface area contributed by atoms with Crippen LogP contribution in [0.25, 0.3) is 0 Å². The van der Waals surface area contributed by atoms with Gasteiger partial charge in [-0.3, -0.25) is 4.79 Å². The Morgan fingerprint density at radius 3 is 2.67 bits per heavy atom. The summed E-state index contributed by atoms with van der Waals surface area (Å²) in [5.74, 6) is -0.149. The van der Waals surface area contributed by atoms with Crippen LogP contribution in [0.15, 0.2) is 18.2 Å². The van der Waals surface area contributed by atoms with Gasteiger partial charge in [0.25, 0.3) is 0 Å². The summed E-state index contributed by atoms with van der Waals surface area (Å²) in [6, 6.07) is 4.83. The van der Waals surface area contributed by atoms with Crippen LogP contribution in [0.4, 0.5) is 5.69 Å². The van der Waals surface area contributed by atoms with Crippen LogP contribution < -0.4 is 5.32 Å². The Bertz CT molecular complexity index is 470. The molecule has 0 bridgehead atoms. The first kappa shape index (κ1) is 12.0. The third kappa shape index (κ3) is 3.53. The molecule has 15 heavy (non-hydrogen) atoms. The van der Waals surface area contributed by atoms with Crippen molar-refractivity contribution in [3.8, 4) is 0 Å². The molecule has 0 heterocycles. The summed E-state index contributed by atoms with van der Waals surface area (Å²) in [6.07, 6.45) is 1.59. The van der Waals surface area contributed by atoms with Gasteiger partial charge in [-0.05, 0) is 11.6 Å². The van der Waals surface area contributed by atoms with Gasteiger partial charge in [0.1, 0.15) is 0 Å². The summed E-state index contributed by atoms with van der Waals surface area (Å²) in [5, 5.41) is 2.71. The van der Waals surface area contributed by atoms with Gasteiger partial charge in [0.15, 0.2) is 9.84 Å². The highest BCUT2D eigenvalue weighted by molar-refractivity contribution is 7.89. The zero-order chi connectivity index (χ0) is 11.5. The maximum atomic E-state index is 11.1. The Balaban J connectivity index is 3.16. The third-order valence-corrected chi connectivity index (χ3v) is 2.87. The first-order chi connectivity index (χ1) is 6.94. The average molecular weight is 248 g/mol. The molecule has 0 spiro atoms. The minimum Gasteiger partial charge on any atom is -0.327 e. The number of hydrogen-bond donors (Lipinski definition) is 1. The molecule has 0 fully saturated rings. The highest BCUT2D eigenvalue weighted by atomic mass is 35.5. The number of carbonyl (C=O) groups excluding carboxylic acids is 1. The van der Waals surface area contributed by atoms with Crippen molar-refractivity contribution in [3.63, 3.8) is 0 Å². The van der Waals surface area contributed by atoms with Crippen molar-refractivity contribution in [2.24, 2.45) is 0 Å². The predicted molar refractivity (Wildman–Crippen MR) is 59.7 cm³/mol. The minimum atomic E-state index is -3.15. The molecule has 1 rings (SSSR count). The minimum absolute atomic E-state index is 0.149. The highest BCUT2D eigenvalue weighted by Gasteiger charge is 2.11. The number of anilines is 1. The van der Waals surface area contributed by atoms with Crippen LogP contribution in [0, 0.1) is 0 Å². The fourth-order valence-corrected chi connectivity index (χ4v) is 2.25. The lowest BCUT2D eigenvalue weighted by Gasteiger charge is -2.08. The van der Waals surface area contributed by atoms with Gasteiger partial charge in [0, 0.05) is 6.26 Å². The van der Waals surface area contributed by atoms with E-state index in [1.54, 1.807) is 18.2 Å². The molecular formula is C9H10ClNO3S. The van der Waals surface area contributed by atoms with E-state index in [9.17, 15) is 13.2 Å². The van der Waals surface area contributed by atoms with E-state index in [2.05, 4.69) is 5.32 Å². The summed E-state index contributed by atoms with van der Waals surface area (Å²) in [6.45, 7) is 0. The summed E-state index contributed by atoms with van der Waals surface area (Å²) >= 11 is 5.82. The van der Waals surface area contributed by atoms with Gasteiger partial charge in [-0.1, -0.05) is 23.7 Å². The topological polar surface area (TPSA) is 63.2 Å². The van der Waals surface area contributed by atoms with Crippen LogP contribution in [0.2, 0.25) is 5.02 Å². The number of para-hydroxylation sites is 1. The van der Waals surface area contributed by atoms with E-state index in [4.69, 9.17) is 11.6 Å². The van der Waals surface area contributed by atoms with Gasteiger partial charge in [-0.2, -0.15) is 0 Å². The van der Waals surface area contributed by atoms with Crippen molar-refractivity contribution in [2.75, 3.05) is 11.6 Å². The Morgan fingerprint density at radius 2 is 2.13 bits per heavy atom. The Morgan fingerprint density at radius 1 is 1.47 bits per heavy atom. The second-order valence-electron chi connectivity index (χ2n) is 3.11. The number of hydrogen-bond acceptors (Lipinski definition) is 3. The first-order valence-corrected chi connectivity index (χ1v) is 6.53. The molecule has 1 aromatic carbocycles. The van der Waals surface area contributed by atoms with Gasteiger partial charge < -0.3 is 5.32 Å². The van der Waals surface area contributed by atoms with Gasteiger partial charge in [-0.25, -0.2) is 8.42 Å². The predicted octanol–water partition coefficient (Wildman–Crippen LogP) is 1.45. The van der Waals surface area contributed by atoms with Crippen LogP contribution in [-0.4, -0.2) is 21.1 Å². The monoisotopic (exact) mass is 247 g/mol. The fraction of sp³-hybridized carbons (Fsp3) is 0.222. The normalized spacial score (nSPS) is 11.1. The molecular weight excluding hydrogens is 238 g/mol. The zero-order valence-electron chi connectivity index (χ0n) is 8.03. The molecule has 0 atom stereocenters. The van der Waals surface area contributed by atoms with Crippen LogP contribution in [0.5, 0.6) is 0 Å². The van der Waals surface area contributed by atoms with Crippen LogP contribution in [0.1, 0.15) is 5.56 Å². The highest BCUT2D eigenvalue weighted by Crippen LogP contribution is 2.26. The second-order valence-corrected chi connectivity index (χ2v) is 5.65. The molecule has 0 saturated heterocycles. The maximum absolute atomic E-state index is 11.1. The molecule has 1 N–H and O–H groups in total. The summed E-state index contributed by atoms with van der Waals surface area (Å²) < 4.78 is 22.2. The van der Waals surface area contributed by atoms with E-state index in [0.29, 0.717) is 22.7 Å². The van der Waals surface area contributed by atoms with Gasteiger partial charge in [0.05, 0.1) is 16.5 Å². The molecule has 0 aromatic heterocycles. The Labute approximate surface area is 93.2 Å². The lowest BCUT2D eigenvalue weighted by Crippen LogP contribution is -2.05. The van der Waals surface area contributed by atoms with E-state index in [1.165, 1.54) is 0 Å². The van der Waals surface area contributed by atoms with Gasteiger partial charge in [0.2, 0.25) is 6.41 Å². The van der Waals surface area contributed by atoms with Crippen molar-refractivity contribution in [2.45, 2.75) is 5.75 Å². The molecule has 0 unspecified atom stereocenters. The van der Waals surface area contributed by atoms with E-state index < -0.39 is 9.84 Å². The number of rotatable bonds is 4. The standard InChI is InChI=1S/C9H10ClNO3S/c1-15(13,14)5-7-3-2-4-8(10)9(7)11-6-12/h2-4,6H,5H2,1H3,(H,11,12). The van der Waals surface area contributed by atoms with Gasteiger partial charge >= 0.3 is 0 Å². The molecule has 1 amide bonds. The van der Waals surface area contributed by atoms with Crippen LogP contribution in [0.3, 0.4) is 0 Å². The molecule has 6 heteroatoms. The summed E-state index contributed by atoms with van der Waals surface area (Å²) in [4.78, 5) is 10.3. The van der Waals surface area contributed by atoms with Gasteiger partial charge in [-0.15, -0.1) is 0 Å². The van der Waals surface area contributed by atoms with E-state index in [0.717, 1.165) is 6.26 Å². The number of amides is 1. The smallest absolute Gasteiger partial charge is 0.211 e. The molecule has 4 nitrogen and oxygen atoms in total. The van der Waals surface area contributed by atoms with E-state index in [-0.39, 0.29) is 5.75 Å². The summed E-state index contributed by atoms with van der Waals surface area (Å²) in [5.41, 5.74) is 0.830. The molecule has 0 aliphatic heterocycles. The SMILES string of the molecule is CS(=O)(=O)Cc1cccc(Cl)c1NC=O. The number of carbonyl (C=O) groups is 1. The second kappa shape index (κ2) is 4.63. The summed E-state index contributed by atoms with van der Waals surface area (Å²) in [7, 11) is -3.15. The molecule has 0 saturated carbocycles. The van der Waals surface area contributed by atoms with E-state index in [1.807, 2.05) is 0 Å². The van der Waals surface area contributed by atoms with Crippen molar-refractivity contribution in [1.82, 2.24) is 0 Å². The molecule has 82 valence electrons. The molecule has 0 aliphatic carbocycles. The Hall–Kier alpha value is -1.07. The van der Waals surface area contributed by atoms with Crippen LogP contribution >= 0.6 is 11.6 Å².